The molecule has 0 spiro atoms. The molecular weight excluding hydrogens is 328 g/mol. The average molecular weight is 343 g/mol. The Morgan fingerprint density at radius 3 is 2.81 bits per heavy atom. The van der Waals surface area contributed by atoms with Crippen LogP contribution in [-0.2, 0) is 0 Å². The molecule has 3 nitrogen and oxygen atoms in total. The molecule has 3 aromatic rings. The Kier molecular flexibility index (Phi) is 3.80. The van der Waals surface area contributed by atoms with Gasteiger partial charge in [0, 0.05) is 21.7 Å². The molecule has 0 radical (unpaired) electrons. The van der Waals surface area contributed by atoms with Crippen LogP contribution in [0, 0.1) is 0 Å². The monoisotopic (exact) mass is 342 g/mol. The van der Waals surface area contributed by atoms with Gasteiger partial charge in [-0.05, 0) is 42.1 Å². The first-order valence-electron chi connectivity index (χ1n) is 6.77. The third-order valence-corrected chi connectivity index (χ3v) is 4.26. The maximum absolute atomic E-state index is 12.4. The molecule has 1 aromatic heterocycles. The Morgan fingerprint density at radius 1 is 1.19 bits per heavy atom. The van der Waals surface area contributed by atoms with E-state index in [9.17, 15) is 4.79 Å². The average Bonchev–Trinajstić information content (AvgIpc) is 2.94. The Bertz CT molecular complexity index is 794. The van der Waals surface area contributed by atoms with Crippen LogP contribution < -0.4 is 5.32 Å². The van der Waals surface area contributed by atoms with Crippen molar-refractivity contribution in [2.75, 3.05) is 0 Å². The first kappa shape index (κ1) is 13.9. The SMILES string of the molecule is CC(NC(=O)c1ccc2cc[nH]c2c1)c1ccccc1Br. The van der Waals surface area contributed by atoms with E-state index in [0.717, 1.165) is 20.9 Å². The number of nitrogens with one attached hydrogen (secondary N) is 2. The number of rotatable bonds is 3. The molecule has 21 heavy (non-hydrogen) atoms. The summed E-state index contributed by atoms with van der Waals surface area (Å²) in [6.45, 7) is 1.98. The second-order valence-corrected chi connectivity index (χ2v) is 5.85. The minimum absolute atomic E-state index is 0.0626. The number of aromatic amines is 1. The fourth-order valence-corrected chi connectivity index (χ4v) is 3.00. The van der Waals surface area contributed by atoms with Crippen molar-refractivity contribution in [3.63, 3.8) is 0 Å². The molecule has 0 bridgehead atoms. The Morgan fingerprint density at radius 2 is 2.00 bits per heavy atom. The number of carbonyl (C=O) groups excluding carboxylic acids is 1. The molecule has 2 N–H and O–H groups in total. The maximum Gasteiger partial charge on any atom is 0.251 e. The highest BCUT2D eigenvalue weighted by Gasteiger charge is 2.13. The van der Waals surface area contributed by atoms with Crippen LogP contribution in [0.3, 0.4) is 0 Å². The predicted octanol–water partition coefficient (Wildman–Crippen LogP) is 4.42. The zero-order chi connectivity index (χ0) is 14.8. The lowest BCUT2D eigenvalue weighted by molar-refractivity contribution is 0.0940. The van der Waals surface area contributed by atoms with Crippen molar-refractivity contribution in [3.05, 3.63) is 70.3 Å². The molecule has 1 amide bonds. The molecular formula is C17H15BrN2O. The number of benzene rings is 2. The zero-order valence-corrected chi connectivity index (χ0v) is 13.1. The summed E-state index contributed by atoms with van der Waals surface area (Å²) in [7, 11) is 0. The topological polar surface area (TPSA) is 44.9 Å². The largest absolute Gasteiger partial charge is 0.361 e. The van der Waals surface area contributed by atoms with E-state index >= 15 is 0 Å². The van der Waals surface area contributed by atoms with Gasteiger partial charge in [-0.2, -0.15) is 0 Å². The third-order valence-electron chi connectivity index (χ3n) is 3.54. The van der Waals surface area contributed by atoms with Gasteiger partial charge >= 0.3 is 0 Å². The normalized spacial score (nSPS) is 12.3. The van der Waals surface area contributed by atoms with Gasteiger partial charge in [-0.3, -0.25) is 4.79 Å². The van der Waals surface area contributed by atoms with E-state index in [4.69, 9.17) is 0 Å². The van der Waals surface area contributed by atoms with Crippen molar-refractivity contribution in [3.8, 4) is 0 Å². The minimum atomic E-state index is -0.0743. The van der Waals surface area contributed by atoms with Gasteiger partial charge in [0.1, 0.15) is 0 Å². The van der Waals surface area contributed by atoms with E-state index < -0.39 is 0 Å². The van der Waals surface area contributed by atoms with Crippen LogP contribution in [0.25, 0.3) is 10.9 Å². The number of hydrogen-bond acceptors (Lipinski definition) is 1. The van der Waals surface area contributed by atoms with Crippen molar-refractivity contribution in [1.82, 2.24) is 10.3 Å². The third kappa shape index (κ3) is 2.85. The summed E-state index contributed by atoms with van der Waals surface area (Å²) in [5, 5.41) is 4.13. The summed E-state index contributed by atoms with van der Waals surface area (Å²) < 4.78 is 0.998. The van der Waals surface area contributed by atoms with Gasteiger partial charge in [0.2, 0.25) is 0 Å². The van der Waals surface area contributed by atoms with Crippen LogP contribution in [0.4, 0.5) is 0 Å². The molecule has 0 aliphatic heterocycles. The Balaban J connectivity index is 1.81. The summed E-state index contributed by atoms with van der Waals surface area (Å²) >= 11 is 3.51. The number of carbonyl (C=O) groups is 1. The van der Waals surface area contributed by atoms with Crippen LogP contribution >= 0.6 is 15.9 Å². The second kappa shape index (κ2) is 5.74. The summed E-state index contributed by atoms with van der Waals surface area (Å²) in [4.78, 5) is 15.5. The molecule has 0 fully saturated rings. The molecule has 1 heterocycles. The molecule has 1 atom stereocenters. The standard InChI is InChI=1S/C17H15BrN2O/c1-11(14-4-2-3-5-15(14)18)20-17(21)13-7-6-12-8-9-19-16(12)10-13/h2-11,19H,1H3,(H,20,21). The van der Waals surface area contributed by atoms with Gasteiger partial charge < -0.3 is 10.3 Å². The van der Waals surface area contributed by atoms with Gasteiger partial charge in [-0.25, -0.2) is 0 Å². The van der Waals surface area contributed by atoms with Gasteiger partial charge in [-0.1, -0.05) is 40.2 Å². The number of halogens is 1. The molecule has 0 saturated heterocycles. The lowest BCUT2D eigenvalue weighted by Gasteiger charge is -2.16. The lowest BCUT2D eigenvalue weighted by atomic mass is 10.1. The van der Waals surface area contributed by atoms with Crippen LogP contribution in [0.2, 0.25) is 0 Å². The van der Waals surface area contributed by atoms with Gasteiger partial charge in [0.05, 0.1) is 6.04 Å². The fraction of sp³-hybridized carbons (Fsp3) is 0.118. The van der Waals surface area contributed by atoms with E-state index in [0.29, 0.717) is 5.56 Å². The first-order valence-corrected chi connectivity index (χ1v) is 7.57. The fourth-order valence-electron chi connectivity index (χ4n) is 2.37. The Labute approximate surface area is 131 Å². The summed E-state index contributed by atoms with van der Waals surface area (Å²) in [5.41, 5.74) is 2.69. The van der Waals surface area contributed by atoms with E-state index in [-0.39, 0.29) is 11.9 Å². The molecule has 0 saturated carbocycles. The van der Waals surface area contributed by atoms with Crippen molar-refractivity contribution in [2.45, 2.75) is 13.0 Å². The van der Waals surface area contributed by atoms with Crippen molar-refractivity contribution in [1.29, 1.82) is 0 Å². The molecule has 4 heteroatoms. The van der Waals surface area contributed by atoms with Crippen LogP contribution in [0.1, 0.15) is 28.9 Å². The summed E-state index contributed by atoms with van der Waals surface area (Å²) in [5.74, 6) is -0.0743. The number of aromatic nitrogens is 1. The van der Waals surface area contributed by atoms with Crippen molar-refractivity contribution < 1.29 is 4.79 Å². The van der Waals surface area contributed by atoms with E-state index in [2.05, 4.69) is 26.2 Å². The van der Waals surface area contributed by atoms with E-state index in [1.54, 1.807) is 0 Å². The molecule has 2 aromatic carbocycles. The smallest absolute Gasteiger partial charge is 0.251 e. The highest BCUT2D eigenvalue weighted by Crippen LogP contribution is 2.23. The van der Waals surface area contributed by atoms with Crippen LogP contribution in [-0.4, -0.2) is 10.9 Å². The van der Waals surface area contributed by atoms with Crippen LogP contribution in [0.5, 0.6) is 0 Å². The Hall–Kier alpha value is -2.07. The number of amides is 1. The molecule has 3 rings (SSSR count). The van der Waals surface area contributed by atoms with Gasteiger partial charge in [0.15, 0.2) is 0 Å². The van der Waals surface area contributed by atoms with Gasteiger partial charge in [-0.15, -0.1) is 0 Å². The van der Waals surface area contributed by atoms with Crippen molar-refractivity contribution in [2.24, 2.45) is 0 Å². The quantitative estimate of drug-likeness (QED) is 0.726. The van der Waals surface area contributed by atoms with Crippen molar-refractivity contribution >= 4 is 32.7 Å². The molecule has 1 unspecified atom stereocenters. The maximum atomic E-state index is 12.4. The number of fused-ring (bicyclic) bond motifs is 1. The summed E-state index contributed by atoms with van der Waals surface area (Å²) in [6, 6.07) is 15.5. The molecule has 106 valence electrons. The first-order chi connectivity index (χ1) is 10.1. The lowest BCUT2D eigenvalue weighted by Crippen LogP contribution is -2.26. The second-order valence-electron chi connectivity index (χ2n) is 5.00. The van der Waals surface area contributed by atoms with E-state index in [1.165, 1.54) is 0 Å². The van der Waals surface area contributed by atoms with E-state index in [1.807, 2.05) is 61.7 Å². The highest BCUT2D eigenvalue weighted by atomic mass is 79.9. The summed E-state index contributed by atoms with van der Waals surface area (Å²) in [6.07, 6.45) is 1.87. The van der Waals surface area contributed by atoms with Crippen LogP contribution in [0.15, 0.2) is 59.2 Å². The minimum Gasteiger partial charge on any atom is -0.361 e. The molecule has 0 aliphatic rings. The predicted molar refractivity (Wildman–Crippen MR) is 88.3 cm³/mol. The zero-order valence-electron chi connectivity index (χ0n) is 11.6. The number of H-pyrrole nitrogens is 1. The highest BCUT2D eigenvalue weighted by molar-refractivity contribution is 9.10. The van der Waals surface area contributed by atoms with Gasteiger partial charge in [0.25, 0.3) is 5.91 Å². The number of hydrogen-bond donors (Lipinski definition) is 2. The molecule has 0 aliphatic carbocycles.